The van der Waals surface area contributed by atoms with Crippen molar-refractivity contribution in [1.29, 1.82) is 0 Å². The van der Waals surface area contributed by atoms with Crippen LogP contribution in [0.4, 0.5) is 0 Å². The molecule has 1 saturated heterocycles. The molecular formula is C14H21NO4. The van der Waals surface area contributed by atoms with Crippen LogP contribution < -0.4 is 0 Å². The third-order valence-electron chi connectivity index (χ3n) is 3.52. The minimum absolute atomic E-state index is 0.240. The van der Waals surface area contributed by atoms with Gasteiger partial charge in [-0.15, -0.1) is 0 Å². The lowest BCUT2D eigenvalue weighted by Crippen LogP contribution is -2.31. The van der Waals surface area contributed by atoms with Crippen molar-refractivity contribution in [2.45, 2.75) is 44.9 Å². The monoisotopic (exact) mass is 267 g/mol. The summed E-state index contributed by atoms with van der Waals surface area (Å²) in [4.78, 5) is 13.6. The number of nitrogens with zero attached hydrogens (tertiary/aromatic N) is 1. The Morgan fingerprint density at radius 1 is 1.63 bits per heavy atom. The number of ether oxygens (including phenoxy) is 1. The first-order chi connectivity index (χ1) is 9.10. The normalized spacial score (nSPS) is 21.5. The highest BCUT2D eigenvalue weighted by molar-refractivity contribution is 5.86. The molecule has 2 rings (SSSR count). The van der Waals surface area contributed by atoms with E-state index in [0.29, 0.717) is 12.6 Å². The van der Waals surface area contributed by atoms with Gasteiger partial charge >= 0.3 is 5.97 Å². The number of hydrogen-bond donors (Lipinski definition) is 1. The summed E-state index contributed by atoms with van der Waals surface area (Å²) in [7, 11) is 1.34. The molecule has 106 valence electrons. The average Bonchev–Trinajstić information content (AvgIpc) is 2.99. The summed E-state index contributed by atoms with van der Waals surface area (Å²) in [5.74, 6) is 0.551. The van der Waals surface area contributed by atoms with Crippen molar-refractivity contribution in [3.63, 3.8) is 0 Å². The molecule has 0 radical (unpaired) electrons. The molecule has 0 amide bonds. The molecule has 19 heavy (non-hydrogen) atoms. The Hall–Kier alpha value is -1.33. The Bertz CT molecular complexity index is 427. The number of esters is 1. The van der Waals surface area contributed by atoms with Gasteiger partial charge < -0.3 is 14.3 Å². The first-order valence-electron chi connectivity index (χ1n) is 6.69. The molecule has 0 aliphatic carbocycles. The van der Waals surface area contributed by atoms with Crippen LogP contribution in [0.1, 0.15) is 42.5 Å². The lowest BCUT2D eigenvalue weighted by Gasteiger charge is -2.24. The molecular weight excluding hydrogens is 246 g/mol. The second kappa shape index (κ2) is 6.21. The summed E-state index contributed by atoms with van der Waals surface area (Å²) in [5, 5.41) is 9.49. The molecule has 2 heterocycles. The van der Waals surface area contributed by atoms with Crippen molar-refractivity contribution >= 4 is 5.97 Å². The van der Waals surface area contributed by atoms with E-state index in [9.17, 15) is 9.90 Å². The number of aliphatic hydroxyl groups is 1. The van der Waals surface area contributed by atoms with Crippen molar-refractivity contribution in [3.8, 4) is 0 Å². The number of furan rings is 1. The number of aliphatic hydroxyl groups excluding tert-OH is 1. The van der Waals surface area contributed by atoms with Crippen molar-refractivity contribution < 1.29 is 19.1 Å². The van der Waals surface area contributed by atoms with Crippen LogP contribution in [0.2, 0.25) is 0 Å². The van der Waals surface area contributed by atoms with Crippen LogP contribution in [0.25, 0.3) is 0 Å². The molecule has 2 atom stereocenters. The number of likely N-dealkylation sites (tertiary alicyclic amines) is 1. The van der Waals surface area contributed by atoms with E-state index in [2.05, 4.69) is 9.64 Å². The van der Waals surface area contributed by atoms with Gasteiger partial charge in [-0.05, 0) is 44.9 Å². The highest BCUT2D eigenvalue weighted by Gasteiger charge is 2.26. The maximum Gasteiger partial charge on any atom is 0.373 e. The number of rotatable bonds is 5. The van der Waals surface area contributed by atoms with Gasteiger partial charge in [0.25, 0.3) is 0 Å². The molecule has 0 spiro atoms. The molecule has 5 nitrogen and oxygen atoms in total. The fourth-order valence-corrected chi connectivity index (χ4v) is 2.64. The smallest absolute Gasteiger partial charge is 0.373 e. The first kappa shape index (κ1) is 14.1. The summed E-state index contributed by atoms with van der Waals surface area (Å²) in [6.45, 7) is 3.50. The predicted molar refractivity (Wildman–Crippen MR) is 69.8 cm³/mol. The topological polar surface area (TPSA) is 62.9 Å². The lowest BCUT2D eigenvalue weighted by atomic mass is 10.1. The van der Waals surface area contributed by atoms with Crippen LogP contribution >= 0.6 is 0 Å². The van der Waals surface area contributed by atoms with E-state index in [4.69, 9.17) is 4.42 Å². The van der Waals surface area contributed by atoms with E-state index in [0.717, 1.165) is 31.6 Å². The molecule has 1 aromatic heterocycles. The Kier molecular flexibility index (Phi) is 4.61. The van der Waals surface area contributed by atoms with Gasteiger partial charge in [0.15, 0.2) is 0 Å². The maximum atomic E-state index is 11.3. The van der Waals surface area contributed by atoms with E-state index in [1.54, 1.807) is 6.07 Å². The summed E-state index contributed by atoms with van der Waals surface area (Å²) in [6.07, 6.45) is 2.75. The molecule has 1 aliphatic heterocycles. The van der Waals surface area contributed by atoms with E-state index >= 15 is 0 Å². The van der Waals surface area contributed by atoms with Crippen molar-refractivity contribution in [1.82, 2.24) is 4.90 Å². The summed E-state index contributed by atoms with van der Waals surface area (Å²) in [5.41, 5.74) is 0. The molecule has 5 heteroatoms. The summed E-state index contributed by atoms with van der Waals surface area (Å²) >= 11 is 0. The van der Waals surface area contributed by atoms with Gasteiger partial charge in [-0.2, -0.15) is 0 Å². The molecule has 1 fully saturated rings. The van der Waals surface area contributed by atoms with Crippen molar-refractivity contribution in [2.24, 2.45) is 0 Å². The van der Waals surface area contributed by atoms with E-state index in [1.807, 2.05) is 13.0 Å². The van der Waals surface area contributed by atoms with Gasteiger partial charge in [0.2, 0.25) is 5.76 Å². The quantitative estimate of drug-likeness (QED) is 0.824. The van der Waals surface area contributed by atoms with Crippen LogP contribution in [-0.4, -0.2) is 41.8 Å². The third-order valence-corrected chi connectivity index (χ3v) is 3.52. The second-order valence-corrected chi connectivity index (χ2v) is 5.11. The zero-order chi connectivity index (χ0) is 13.8. The largest absolute Gasteiger partial charge is 0.463 e. The number of carbonyl (C=O) groups is 1. The Balaban J connectivity index is 1.96. The SMILES string of the molecule is COC(=O)c1ccc(CN2CCCC2CC(C)O)o1. The molecule has 1 aromatic rings. The lowest BCUT2D eigenvalue weighted by molar-refractivity contribution is 0.0560. The Morgan fingerprint density at radius 3 is 3.11 bits per heavy atom. The van der Waals surface area contributed by atoms with E-state index < -0.39 is 5.97 Å². The van der Waals surface area contributed by atoms with Gasteiger partial charge in [-0.25, -0.2) is 4.79 Å². The van der Waals surface area contributed by atoms with Crippen LogP contribution in [0, 0.1) is 0 Å². The maximum absolute atomic E-state index is 11.3. The highest BCUT2D eigenvalue weighted by Crippen LogP contribution is 2.24. The third kappa shape index (κ3) is 3.58. The molecule has 0 aromatic carbocycles. The minimum atomic E-state index is -0.451. The number of hydrogen-bond acceptors (Lipinski definition) is 5. The number of methoxy groups -OCH3 is 1. The van der Waals surface area contributed by atoms with Crippen LogP contribution in [0.5, 0.6) is 0 Å². The van der Waals surface area contributed by atoms with Gasteiger partial charge in [0.1, 0.15) is 5.76 Å². The van der Waals surface area contributed by atoms with Crippen LogP contribution in [0.15, 0.2) is 16.5 Å². The predicted octanol–water partition coefficient (Wildman–Crippen LogP) is 1.80. The highest BCUT2D eigenvalue weighted by atomic mass is 16.5. The first-order valence-corrected chi connectivity index (χ1v) is 6.69. The summed E-state index contributed by atoms with van der Waals surface area (Å²) < 4.78 is 10.1. The standard InChI is InChI=1S/C14H21NO4/c1-10(16)8-11-4-3-7-15(11)9-12-5-6-13(19-12)14(17)18-2/h5-6,10-11,16H,3-4,7-9H2,1-2H3. The zero-order valence-corrected chi connectivity index (χ0v) is 11.5. The fraction of sp³-hybridized carbons (Fsp3) is 0.643. The molecule has 1 N–H and O–H groups in total. The minimum Gasteiger partial charge on any atom is -0.463 e. The molecule has 0 bridgehead atoms. The Labute approximate surface area is 113 Å². The molecule has 1 aliphatic rings. The van der Waals surface area contributed by atoms with Crippen LogP contribution in [0.3, 0.4) is 0 Å². The zero-order valence-electron chi connectivity index (χ0n) is 11.5. The summed E-state index contributed by atoms with van der Waals surface area (Å²) in [6, 6.07) is 3.84. The van der Waals surface area contributed by atoms with Gasteiger partial charge in [-0.3, -0.25) is 4.90 Å². The molecule has 0 saturated carbocycles. The van der Waals surface area contributed by atoms with Gasteiger partial charge in [0.05, 0.1) is 19.8 Å². The van der Waals surface area contributed by atoms with E-state index in [1.165, 1.54) is 7.11 Å². The van der Waals surface area contributed by atoms with Gasteiger partial charge in [-0.1, -0.05) is 0 Å². The molecule has 2 unspecified atom stereocenters. The van der Waals surface area contributed by atoms with Crippen molar-refractivity contribution in [2.75, 3.05) is 13.7 Å². The van der Waals surface area contributed by atoms with E-state index in [-0.39, 0.29) is 11.9 Å². The Morgan fingerprint density at radius 2 is 2.42 bits per heavy atom. The fourth-order valence-electron chi connectivity index (χ4n) is 2.64. The average molecular weight is 267 g/mol. The number of carbonyl (C=O) groups excluding carboxylic acids is 1. The van der Waals surface area contributed by atoms with Crippen LogP contribution in [-0.2, 0) is 11.3 Å². The van der Waals surface area contributed by atoms with Crippen molar-refractivity contribution in [3.05, 3.63) is 23.7 Å². The second-order valence-electron chi connectivity index (χ2n) is 5.11. The van der Waals surface area contributed by atoms with Gasteiger partial charge in [0, 0.05) is 6.04 Å².